The number of halogens is 3. The Hall–Kier alpha value is -1.27. The van der Waals surface area contributed by atoms with Gasteiger partial charge < -0.3 is 15.8 Å². The van der Waals surface area contributed by atoms with E-state index in [0.717, 1.165) is 14.6 Å². The molecule has 0 aliphatic rings. The van der Waals surface area contributed by atoms with Crippen LogP contribution in [-0.2, 0) is 0 Å². The molecule has 2 aromatic carbocycles. The van der Waals surface area contributed by atoms with Crippen LogP contribution in [0.15, 0.2) is 39.3 Å². The van der Waals surface area contributed by atoms with Crippen molar-refractivity contribution in [2.45, 2.75) is 20.0 Å². The monoisotopic (exact) mass is 416 g/mol. The highest BCUT2D eigenvalue weighted by molar-refractivity contribution is 9.11. The molecule has 0 radical (unpaired) electrons. The van der Waals surface area contributed by atoms with E-state index in [2.05, 4.69) is 37.2 Å². The number of hydrogen-bond acceptors (Lipinski definition) is 3. The van der Waals surface area contributed by atoms with Crippen molar-refractivity contribution in [3.8, 4) is 5.75 Å². The highest BCUT2D eigenvalue weighted by Crippen LogP contribution is 2.34. The van der Waals surface area contributed by atoms with Gasteiger partial charge in [0.25, 0.3) is 0 Å². The number of anilines is 3. The van der Waals surface area contributed by atoms with Gasteiger partial charge in [-0.15, -0.1) is 0 Å². The molecule has 6 heteroatoms. The molecular weight excluding hydrogens is 403 g/mol. The molecule has 3 nitrogen and oxygen atoms in total. The van der Waals surface area contributed by atoms with Crippen molar-refractivity contribution < 1.29 is 9.13 Å². The van der Waals surface area contributed by atoms with Crippen LogP contribution < -0.4 is 15.8 Å². The molecule has 0 spiro atoms. The van der Waals surface area contributed by atoms with Gasteiger partial charge in [-0.05, 0) is 48.0 Å². The molecular formula is C15H15Br2FN2O. The van der Waals surface area contributed by atoms with E-state index in [1.165, 1.54) is 6.07 Å². The largest absolute Gasteiger partial charge is 0.488 e. The summed E-state index contributed by atoms with van der Waals surface area (Å²) in [4.78, 5) is 0. The zero-order valence-corrected chi connectivity index (χ0v) is 14.8. The lowest BCUT2D eigenvalue weighted by Gasteiger charge is -2.16. The minimum absolute atomic E-state index is 0.117. The van der Waals surface area contributed by atoms with Gasteiger partial charge in [0.1, 0.15) is 0 Å². The maximum absolute atomic E-state index is 13.8. The van der Waals surface area contributed by atoms with Gasteiger partial charge in [0, 0.05) is 21.1 Å². The first kappa shape index (κ1) is 16.1. The number of nitrogens with two attached hydrogens (primary N) is 1. The molecule has 3 N–H and O–H groups in total. The van der Waals surface area contributed by atoms with E-state index in [-0.39, 0.29) is 11.9 Å². The Morgan fingerprint density at radius 3 is 2.52 bits per heavy atom. The zero-order valence-electron chi connectivity index (χ0n) is 11.6. The van der Waals surface area contributed by atoms with Crippen molar-refractivity contribution in [1.29, 1.82) is 0 Å². The van der Waals surface area contributed by atoms with Gasteiger partial charge >= 0.3 is 0 Å². The van der Waals surface area contributed by atoms with Crippen molar-refractivity contribution in [2.24, 2.45) is 0 Å². The number of ether oxygens (including phenoxy) is 1. The van der Waals surface area contributed by atoms with Crippen molar-refractivity contribution >= 4 is 48.9 Å². The number of hydrogen-bond donors (Lipinski definition) is 2. The predicted octanol–water partition coefficient (Wildman–Crippen LogP) is 5.46. The maximum atomic E-state index is 13.8. The van der Waals surface area contributed by atoms with Crippen LogP contribution in [0.1, 0.15) is 13.8 Å². The number of benzene rings is 2. The zero-order chi connectivity index (χ0) is 15.6. The summed E-state index contributed by atoms with van der Waals surface area (Å²) in [5.74, 6) is -0.298. The number of nitrogen functional groups attached to an aromatic ring is 1. The summed E-state index contributed by atoms with van der Waals surface area (Å²) in [7, 11) is 0. The van der Waals surface area contributed by atoms with E-state index in [0.29, 0.717) is 11.4 Å². The molecule has 0 amide bonds. The number of nitrogens with one attached hydrogen (secondary N) is 1. The van der Waals surface area contributed by atoms with E-state index < -0.39 is 5.82 Å². The van der Waals surface area contributed by atoms with Gasteiger partial charge in [0.15, 0.2) is 11.6 Å². The van der Waals surface area contributed by atoms with Crippen LogP contribution in [0.5, 0.6) is 5.75 Å². The first-order chi connectivity index (χ1) is 9.86. The predicted molar refractivity (Wildman–Crippen MR) is 91.7 cm³/mol. The average molecular weight is 418 g/mol. The molecule has 0 aliphatic carbocycles. The molecule has 21 heavy (non-hydrogen) atoms. The van der Waals surface area contributed by atoms with Crippen LogP contribution in [0, 0.1) is 5.82 Å². The summed E-state index contributed by atoms with van der Waals surface area (Å²) in [6.45, 7) is 3.68. The van der Waals surface area contributed by atoms with E-state index >= 15 is 0 Å². The molecule has 0 saturated heterocycles. The van der Waals surface area contributed by atoms with Crippen LogP contribution >= 0.6 is 31.9 Å². The van der Waals surface area contributed by atoms with Gasteiger partial charge in [0.2, 0.25) is 0 Å². The lowest BCUT2D eigenvalue weighted by atomic mass is 10.2. The molecule has 0 heterocycles. The summed E-state index contributed by atoms with van der Waals surface area (Å²) >= 11 is 6.87. The fraction of sp³-hybridized carbons (Fsp3) is 0.200. The summed E-state index contributed by atoms with van der Waals surface area (Å²) in [6, 6.07) is 8.54. The molecule has 2 rings (SSSR count). The van der Waals surface area contributed by atoms with Gasteiger partial charge in [-0.1, -0.05) is 15.9 Å². The minimum Gasteiger partial charge on any atom is -0.488 e. The Labute approximate surface area is 139 Å². The highest BCUT2D eigenvalue weighted by atomic mass is 79.9. The Morgan fingerprint density at radius 2 is 1.86 bits per heavy atom. The van der Waals surface area contributed by atoms with Gasteiger partial charge in [-0.2, -0.15) is 0 Å². The molecule has 0 unspecified atom stereocenters. The first-order valence-electron chi connectivity index (χ1n) is 6.34. The standard InChI is InChI=1S/C15H15Br2FN2O/c1-8(2)21-15-7-14(12(19)6-11(15)18)20-13-5-9(16)3-4-10(13)17/h3-8,20H,19H2,1-2H3. The van der Waals surface area contributed by atoms with Crippen LogP contribution in [0.3, 0.4) is 0 Å². The summed E-state index contributed by atoms with van der Waals surface area (Å²) in [6.07, 6.45) is -0.117. The molecule has 0 aromatic heterocycles. The molecule has 0 fully saturated rings. The van der Waals surface area contributed by atoms with Crippen molar-refractivity contribution in [1.82, 2.24) is 0 Å². The Bertz CT molecular complexity index is 662. The van der Waals surface area contributed by atoms with Gasteiger partial charge in [-0.25, -0.2) is 4.39 Å². The second kappa shape index (κ2) is 6.66. The average Bonchev–Trinajstić information content (AvgIpc) is 2.39. The first-order valence-corrected chi connectivity index (χ1v) is 7.93. The van der Waals surface area contributed by atoms with Gasteiger partial charge in [0.05, 0.1) is 23.2 Å². The maximum Gasteiger partial charge on any atom is 0.167 e. The second-order valence-corrected chi connectivity index (χ2v) is 6.56. The molecule has 0 saturated carbocycles. The second-order valence-electron chi connectivity index (χ2n) is 4.79. The Morgan fingerprint density at radius 1 is 1.14 bits per heavy atom. The Kier molecular flexibility index (Phi) is 5.11. The van der Waals surface area contributed by atoms with Crippen LogP contribution in [0.4, 0.5) is 21.5 Å². The van der Waals surface area contributed by atoms with Crippen LogP contribution in [0.2, 0.25) is 0 Å². The Balaban J connectivity index is 2.37. The van der Waals surface area contributed by atoms with Crippen molar-refractivity contribution in [3.63, 3.8) is 0 Å². The molecule has 112 valence electrons. The summed E-state index contributed by atoms with van der Waals surface area (Å²) < 4.78 is 21.1. The fourth-order valence-corrected chi connectivity index (χ4v) is 2.47. The fourth-order valence-electron chi connectivity index (χ4n) is 1.76. The lowest BCUT2D eigenvalue weighted by molar-refractivity contribution is 0.231. The van der Waals surface area contributed by atoms with Crippen molar-refractivity contribution in [3.05, 3.63) is 45.1 Å². The highest BCUT2D eigenvalue weighted by Gasteiger charge is 2.12. The molecule has 2 aromatic rings. The summed E-state index contributed by atoms with van der Waals surface area (Å²) in [5, 5.41) is 3.17. The number of rotatable bonds is 4. The topological polar surface area (TPSA) is 47.3 Å². The van der Waals surface area contributed by atoms with Crippen molar-refractivity contribution in [2.75, 3.05) is 11.1 Å². The third-order valence-electron chi connectivity index (χ3n) is 2.66. The van der Waals surface area contributed by atoms with Gasteiger partial charge in [-0.3, -0.25) is 0 Å². The molecule has 0 bridgehead atoms. The lowest BCUT2D eigenvalue weighted by Crippen LogP contribution is -2.08. The quantitative estimate of drug-likeness (QED) is 0.649. The third-order valence-corrected chi connectivity index (χ3v) is 3.85. The van der Waals surface area contributed by atoms with E-state index in [4.69, 9.17) is 10.5 Å². The van der Waals surface area contributed by atoms with E-state index in [1.807, 2.05) is 32.0 Å². The minimum atomic E-state index is -0.472. The normalized spacial score (nSPS) is 10.8. The van der Waals surface area contributed by atoms with Crippen LogP contribution in [-0.4, -0.2) is 6.10 Å². The van der Waals surface area contributed by atoms with Crippen LogP contribution in [0.25, 0.3) is 0 Å². The molecule has 0 atom stereocenters. The third kappa shape index (κ3) is 4.11. The summed E-state index contributed by atoms with van der Waals surface area (Å²) in [5.41, 5.74) is 7.59. The van der Waals surface area contributed by atoms with E-state index in [1.54, 1.807) is 6.07 Å². The van der Waals surface area contributed by atoms with E-state index in [9.17, 15) is 4.39 Å². The molecule has 0 aliphatic heterocycles. The smallest absolute Gasteiger partial charge is 0.167 e. The SMILES string of the molecule is CC(C)Oc1cc(Nc2cc(Br)ccc2Br)c(N)cc1F.